The zero-order valence-electron chi connectivity index (χ0n) is 13.2. The normalized spacial score (nSPS) is 19.1. The van der Waals surface area contributed by atoms with E-state index >= 15 is 0 Å². The molecule has 0 bridgehead atoms. The van der Waals surface area contributed by atoms with E-state index in [4.69, 9.17) is 17.0 Å². The fourth-order valence-corrected chi connectivity index (χ4v) is 3.94. The molecule has 0 radical (unpaired) electrons. The molecule has 0 saturated heterocycles. The number of hydrogen-bond donors (Lipinski definition) is 2. The quantitative estimate of drug-likeness (QED) is 0.734. The molecule has 3 nitrogen and oxygen atoms in total. The van der Waals surface area contributed by atoms with E-state index < -0.39 is 0 Å². The molecule has 4 rings (SSSR count). The van der Waals surface area contributed by atoms with Crippen molar-refractivity contribution < 1.29 is 4.74 Å². The zero-order chi connectivity index (χ0) is 16.7. The van der Waals surface area contributed by atoms with Gasteiger partial charge in [-0.25, -0.2) is 0 Å². The number of thiocarbonyl (C=S) groups is 1. The van der Waals surface area contributed by atoms with E-state index in [0.717, 1.165) is 28.8 Å². The number of fused-ring (bicyclic) bond motifs is 2. The second-order valence-corrected chi connectivity index (χ2v) is 7.33. The van der Waals surface area contributed by atoms with Crippen LogP contribution in [0.2, 0.25) is 0 Å². The first-order valence-corrected chi connectivity index (χ1v) is 9.09. The molecule has 2 aromatic rings. The maximum atomic E-state index is 5.46. The predicted molar refractivity (Wildman–Crippen MR) is 104 cm³/mol. The van der Waals surface area contributed by atoms with E-state index in [0.29, 0.717) is 5.11 Å². The first kappa shape index (κ1) is 15.7. The standard InChI is InChI=1S/C19H17BrN2OS/c1-23-14-7-9-15-12(10-14)4-8-16-17(21-19(24)22-18(15)16)11-2-5-13(20)6-3-11/h2-3,5-7,9-10,17H,4,8H2,1H3,(H2,21,22,24)/t17-/m1/s1. The molecule has 1 atom stereocenters. The van der Waals surface area contributed by atoms with E-state index in [1.807, 2.05) is 6.07 Å². The highest BCUT2D eigenvalue weighted by Gasteiger charge is 2.30. The Morgan fingerprint density at radius 2 is 1.92 bits per heavy atom. The lowest BCUT2D eigenvalue weighted by Crippen LogP contribution is -2.44. The van der Waals surface area contributed by atoms with Gasteiger partial charge in [-0.3, -0.25) is 0 Å². The van der Waals surface area contributed by atoms with Crippen LogP contribution >= 0.6 is 28.1 Å². The lowest BCUT2D eigenvalue weighted by Gasteiger charge is -2.36. The van der Waals surface area contributed by atoms with Gasteiger partial charge in [-0.15, -0.1) is 0 Å². The smallest absolute Gasteiger partial charge is 0.171 e. The van der Waals surface area contributed by atoms with Gasteiger partial charge in [0.15, 0.2) is 5.11 Å². The summed E-state index contributed by atoms with van der Waals surface area (Å²) in [5.41, 5.74) is 6.27. The molecule has 0 aromatic heterocycles. The summed E-state index contributed by atoms with van der Waals surface area (Å²) in [6.07, 6.45) is 2.01. The Morgan fingerprint density at radius 1 is 1.12 bits per heavy atom. The average molecular weight is 401 g/mol. The third kappa shape index (κ3) is 2.72. The summed E-state index contributed by atoms with van der Waals surface area (Å²) >= 11 is 8.97. The molecule has 2 aromatic carbocycles. The van der Waals surface area contributed by atoms with Crippen molar-refractivity contribution in [2.45, 2.75) is 18.9 Å². The molecule has 122 valence electrons. The fraction of sp³-hybridized carbons (Fsp3) is 0.211. The Labute approximate surface area is 155 Å². The number of benzene rings is 2. The number of halogens is 1. The minimum atomic E-state index is 0.122. The maximum Gasteiger partial charge on any atom is 0.171 e. The molecule has 5 heteroatoms. The summed E-state index contributed by atoms with van der Waals surface area (Å²) in [5.74, 6) is 0.902. The van der Waals surface area contributed by atoms with E-state index in [1.165, 1.54) is 22.3 Å². The largest absolute Gasteiger partial charge is 0.497 e. The highest BCUT2D eigenvalue weighted by molar-refractivity contribution is 9.10. The van der Waals surface area contributed by atoms with Crippen molar-refractivity contribution in [3.63, 3.8) is 0 Å². The van der Waals surface area contributed by atoms with Gasteiger partial charge in [-0.05, 0) is 72.1 Å². The van der Waals surface area contributed by atoms with Crippen LogP contribution in [0.15, 0.2) is 52.5 Å². The van der Waals surface area contributed by atoms with Crippen molar-refractivity contribution in [3.05, 3.63) is 69.2 Å². The lowest BCUT2D eigenvalue weighted by molar-refractivity contribution is 0.414. The summed E-state index contributed by atoms with van der Waals surface area (Å²) in [7, 11) is 1.71. The molecule has 0 spiro atoms. The minimum Gasteiger partial charge on any atom is -0.497 e. The highest BCUT2D eigenvalue weighted by atomic mass is 79.9. The van der Waals surface area contributed by atoms with Crippen LogP contribution in [0.5, 0.6) is 5.75 Å². The van der Waals surface area contributed by atoms with Gasteiger partial charge in [-0.2, -0.15) is 0 Å². The number of rotatable bonds is 2. The van der Waals surface area contributed by atoms with Crippen molar-refractivity contribution in [3.8, 4) is 5.75 Å². The van der Waals surface area contributed by atoms with Gasteiger partial charge in [0.1, 0.15) is 5.75 Å². The Morgan fingerprint density at radius 3 is 2.67 bits per heavy atom. The molecule has 1 heterocycles. The lowest BCUT2D eigenvalue weighted by atomic mass is 9.83. The van der Waals surface area contributed by atoms with Crippen LogP contribution in [0.1, 0.15) is 29.2 Å². The van der Waals surface area contributed by atoms with Gasteiger partial charge in [0.25, 0.3) is 0 Å². The van der Waals surface area contributed by atoms with Gasteiger partial charge in [0.2, 0.25) is 0 Å². The molecule has 0 unspecified atom stereocenters. The summed E-state index contributed by atoms with van der Waals surface area (Å²) in [6, 6.07) is 14.8. The van der Waals surface area contributed by atoms with E-state index in [2.05, 4.69) is 63.0 Å². The third-order valence-electron chi connectivity index (χ3n) is 4.63. The number of aryl methyl sites for hydroxylation is 1. The maximum absolute atomic E-state index is 5.46. The summed E-state index contributed by atoms with van der Waals surface area (Å²) in [4.78, 5) is 0. The average Bonchev–Trinajstić information content (AvgIpc) is 2.61. The summed E-state index contributed by atoms with van der Waals surface area (Å²) < 4.78 is 6.44. The molecule has 1 aliphatic heterocycles. The Hall–Kier alpha value is -1.85. The minimum absolute atomic E-state index is 0.122. The number of ether oxygens (including phenoxy) is 1. The van der Waals surface area contributed by atoms with E-state index in [9.17, 15) is 0 Å². The predicted octanol–water partition coefficient (Wildman–Crippen LogP) is 4.33. The zero-order valence-corrected chi connectivity index (χ0v) is 15.6. The van der Waals surface area contributed by atoms with Crippen molar-refractivity contribution >= 4 is 39.0 Å². The summed E-state index contributed by atoms with van der Waals surface area (Å²) in [5, 5.41) is 7.47. The van der Waals surface area contributed by atoms with Gasteiger partial charge in [0.05, 0.1) is 13.2 Å². The molecule has 2 aliphatic rings. The summed E-state index contributed by atoms with van der Waals surface area (Å²) in [6.45, 7) is 0. The van der Waals surface area contributed by atoms with Crippen LogP contribution < -0.4 is 15.4 Å². The molecule has 0 amide bonds. The fourth-order valence-electron chi connectivity index (χ4n) is 3.46. The van der Waals surface area contributed by atoms with Crippen LogP contribution in [-0.4, -0.2) is 12.2 Å². The monoisotopic (exact) mass is 400 g/mol. The number of nitrogens with one attached hydrogen (secondary N) is 2. The second kappa shape index (κ2) is 6.22. The van der Waals surface area contributed by atoms with Crippen LogP contribution in [0.3, 0.4) is 0 Å². The van der Waals surface area contributed by atoms with Crippen LogP contribution in [0.4, 0.5) is 0 Å². The van der Waals surface area contributed by atoms with Gasteiger partial charge in [-0.1, -0.05) is 28.1 Å². The number of methoxy groups -OCH3 is 1. The molecule has 0 fully saturated rings. The Kier molecular flexibility index (Phi) is 4.06. The third-order valence-corrected chi connectivity index (χ3v) is 5.38. The van der Waals surface area contributed by atoms with Crippen LogP contribution in [-0.2, 0) is 6.42 Å². The van der Waals surface area contributed by atoms with Crippen LogP contribution in [0.25, 0.3) is 5.70 Å². The molecule has 1 aliphatic carbocycles. The van der Waals surface area contributed by atoms with Crippen molar-refractivity contribution in [1.29, 1.82) is 0 Å². The topological polar surface area (TPSA) is 33.3 Å². The molecular formula is C19H17BrN2OS. The van der Waals surface area contributed by atoms with Crippen LogP contribution in [0, 0.1) is 0 Å². The molecule has 24 heavy (non-hydrogen) atoms. The number of hydrogen-bond acceptors (Lipinski definition) is 2. The first-order valence-electron chi connectivity index (χ1n) is 7.89. The first-order chi connectivity index (χ1) is 11.7. The molecule has 2 N–H and O–H groups in total. The van der Waals surface area contributed by atoms with E-state index in [1.54, 1.807) is 7.11 Å². The van der Waals surface area contributed by atoms with Crippen molar-refractivity contribution in [2.75, 3.05) is 7.11 Å². The van der Waals surface area contributed by atoms with Gasteiger partial charge in [0, 0.05) is 15.7 Å². The van der Waals surface area contributed by atoms with Gasteiger partial charge < -0.3 is 15.4 Å². The van der Waals surface area contributed by atoms with Crippen molar-refractivity contribution in [1.82, 2.24) is 10.6 Å². The SMILES string of the molecule is COc1ccc2c(c1)CCC1=C2NC(=S)N[C@@H]1c1ccc(Br)cc1. The molecule has 0 saturated carbocycles. The Bertz CT molecular complexity index is 845. The molecular weight excluding hydrogens is 384 g/mol. The second-order valence-electron chi connectivity index (χ2n) is 6.01. The van der Waals surface area contributed by atoms with Crippen molar-refractivity contribution in [2.24, 2.45) is 0 Å². The highest BCUT2D eigenvalue weighted by Crippen LogP contribution is 2.39. The Balaban J connectivity index is 1.81. The van der Waals surface area contributed by atoms with Gasteiger partial charge >= 0.3 is 0 Å². The van der Waals surface area contributed by atoms with E-state index in [-0.39, 0.29) is 6.04 Å².